The largest absolute Gasteiger partial charge is 0.454 e. The Bertz CT molecular complexity index is 1080. The normalized spacial score (nSPS) is 12.1. The molecule has 2 aromatic carbocycles. The number of ether oxygens (including phenoxy) is 2. The molecule has 1 aliphatic heterocycles. The summed E-state index contributed by atoms with van der Waals surface area (Å²) in [6, 6.07) is 13.8. The Morgan fingerprint density at radius 2 is 1.77 bits per heavy atom. The van der Waals surface area contributed by atoms with Gasteiger partial charge in [-0.1, -0.05) is 23.9 Å². The van der Waals surface area contributed by atoms with E-state index in [0.29, 0.717) is 12.3 Å². The molecule has 6 nitrogen and oxygen atoms in total. The first kappa shape index (κ1) is 20.2. The minimum Gasteiger partial charge on any atom is -0.454 e. The lowest BCUT2D eigenvalue weighted by Crippen LogP contribution is -2.24. The second-order valence-electron chi connectivity index (χ2n) is 7.26. The van der Waals surface area contributed by atoms with Gasteiger partial charge in [-0.3, -0.25) is 4.79 Å². The third kappa shape index (κ3) is 4.57. The molecule has 154 valence electrons. The summed E-state index contributed by atoms with van der Waals surface area (Å²) in [6.07, 6.45) is 0. The van der Waals surface area contributed by atoms with Crippen molar-refractivity contribution in [1.82, 2.24) is 15.5 Å². The molecule has 0 unspecified atom stereocenters. The number of nitrogens with one attached hydrogen (secondary N) is 1. The van der Waals surface area contributed by atoms with Gasteiger partial charge >= 0.3 is 0 Å². The fraction of sp³-hybridized carbons (Fsp3) is 0.261. The number of aromatic nitrogens is 2. The summed E-state index contributed by atoms with van der Waals surface area (Å²) < 4.78 is 10.7. The molecule has 0 saturated carbocycles. The van der Waals surface area contributed by atoms with E-state index in [2.05, 4.69) is 48.4 Å². The van der Waals surface area contributed by atoms with E-state index in [4.69, 9.17) is 9.47 Å². The van der Waals surface area contributed by atoms with Gasteiger partial charge in [-0.15, -0.1) is 10.2 Å². The van der Waals surface area contributed by atoms with Crippen LogP contribution in [0.3, 0.4) is 0 Å². The van der Waals surface area contributed by atoms with Gasteiger partial charge in [0.15, 0.2) is 11.5 Å². The maximum atomic E-state index is 12.2. The van der Waals surface area contributed by atoms with Crippen LogP contribution in [0.25, 0.3) is 11.3 Å². The number of fused-ring (bicyclic) bond motifs is 1. The Morgan fingerprint density at radius 3 is 2.57 bits per heavy atom. The van der Waals surface area contributed by atoms with Crippen molar-refractivity contribution in [1.29, 1.82) is 0 Å². The van der Waals surface area contributed by atoms with Crippen LogP contribution in [0.1, 0.15) is 22.3 Å². The summed E-state index contributed by atoms with van der Waals surface area (Å²) in [6.45, 7) is 6.96. The molecule has 1 amide bonds. The van der Waals surface area contributed by atoms with Crippen molar-refractivity contribution in [3.8, 4) is 22.8 Å². The Hall–Kier alpha value is -3.06. The topological polar surface area (TPSA) is 73.3 Å². The van der Waals surface area contributed by atoms with E-state index < -0.39 is 0 Å². The zero-order chi connectivity index (χ0) is 21.1. The van der Waals surface area contributed by atoms with Crippen LogP contribution >= 0.6 is 11.8 Å². The van der Waals surface area contributed by atoms with E-state index in [1.807, 2.05) is 30.3 Å². The summed E-state index contributed by atoms with van der Waals surface area (Å²) in [5, 5.41) is 12.3. The molecule has 0 atom stereocenters. The zero-order valence-corrected chi connectivity index (χ0v) is 18.0. The number of aryl methyl sites for hydroxylation is 3. The first-order valence-electron chi connectivity index (χ1n) is 9.69. The van der Waals surface area contributed by atoms with Gasteiger partial charge in [-0.05, 0) is 73.4 Å². The Balaban J connectivity index is 1.31. The summed E-state index contributed by atoms with van der Waals surface area (Å²) >= 11 is 1.37. The maximum Gasteiger partial charge on any atom is 0.231 e. The number of hydrogen-bond donors (Lipinski definition) is 1. The molecule has 1 aromatic heterocycles. The van der Waals surface area contributed by atoms with Gasteiger partial charge in [0.2, 0.25) is 12.7 Å². The lowest BCUT2D eigenvalue weighted by atomic mass is 9.99. The third-order valence-corrected chi connectivity index (χ3v) is 5.95. The molecular formula is C23H23N3O3S. The van der Waals surface area contributed by atoms with Crippen LogP contribution in [-0.4, -0.2) is 28.7 Å². The van der Waals surface area contributed by atoms with Crippen LogP contribution in [0, 0.1) is 20.8 Å². The van der Waals surface area contributed by atoms with Crippen LogP contribution in [0.5, 0.6) is 11.5 Å². The third-order valence-electron chi connectivity index (χ3n) is 5.03. The molecule has 1 aliphatic rings. The van der Waals surface area contributed by atoms with Crippen molar-refractivity contribution in [3.63, 3.8) is 0 Å². The molecule has 0 aliphatic carbocycles. The van der Waals surface area contributed by atoms with Crippen molar-refractivity contribution < 1.29 is 14.3 Å². The van der Waals surface area contributed by atoms with Crippen LogP contribution in [0.4, 0.5) is 0 Å². The number of carbonyl (C=O) groups excluding carboxylic acids is 1. The predicted octanol–water partition coefficient (Wildman–Crippen LogP) is 4.21. The first-order valence-corrected chi connectivity index (χ1v) is 10.7. The van der Waals surface area contributed by atoms with Crippen molar-refractivity contribution in [3.05, 3.63) is 64.7 Å². The van der Waals surface area contributed by atoms with E-state index in [9.17, 15) is 4.79 Å². The smallest absolute Gasteiger partial charge is 0.231 e. The number of rotatable bonds is 6. The summed E-state index contributed by atoms with van der Waals surface area (Å²) in [4.78, 5) is 12.2. The van der Waals surface area contributed by atoms with Gasteiger partial charge in [0.05, 0.1) is 11.4 Å². The standard InChI is InChI=1S/C23H23N3O3S/c1-14-8-16(3)18(9-15(14)2)19-5-7-23(26-25-19)30-12-22(27)24-11-17-4-6-20-21(10-17)29-13-28-20/h4-10H,11-13H2,1-3H3,(H,24,27). The predicted molar refractivity (Wildman–Crippen MR) is 117 cm³/mol. The number of benzene rings is 2. The van der Waals surface area contributed by atoms with Crippen LogP contribution in [0.15, 0.2) is 47.5 Å². The SMILES string of the molecule is Cc1cc(C)c(-c2ccc(SCC(=O)NCc3ccc4c(c3)OCO4)nn2)cc1C. The van der Waals surface area contributed by atoms with E-state index >= 15 is 0 Å². The van der Waals surface area contributed by atoms with Gasteiger partial charge in [0.25, 0.3) is 0 Å². The number of carbonyl (C=O) groups is 1. The average Bonchev–Trinajstić information content (AvgIpc) is 3.22. The van der Waals surface area contributed by atoms with Crippen LogP contribution in [0.2, 0.25) is 0 Å². The van der Waals surface area contributed by atoms with Crippen molar-refractivity contribution in [2.24, 2.45) is 0 Å². The molecule has 0 radical (unpaired) electrons. The Labute approximate surface area is 180 Å². The fourth-order valence-electron chi connectivity index (χ4n) is 3.22. The molecule has 0 bridgehead atoms. The van der Waals surface area contributed by atoms with E-state index in [0.717, 1.165) is 27.6 Å². The molecule has 1 N–H and O–H groups in total. The molecule has 2 heterocycles. The number of nitrogens with zero attached hydrogens (tertiary/aromatic N) is 2. The highest BCUT2D eigenvalue weighted by molar-refractivity contribution is 7.99. The molecule has 0 saturated heterocycles. The molecule has 4 rings (SSSR count). The Morgan fingerprint density at radius 1 is 0.967 bits per heavy atom. The van der Waals surface area contributed by atoms with Crippen LogP contribution < -0.4 is 14.8 Å². The lowest BCUT2D eigenvalue weighted by molar-refractivity contribution is -0.118. The Kier molecular flexibility index (Phi) is 5.90. The van der Waals surface area contributed by atoms with E-state index in [-0.39, 0.29) is 18.5 Å². The molecule has 0 fully saturated rings. The number of thioether (sulfide) groups is 1. The zero-order valence-electron chi connectivity index (χ0n) is 17.2. The molecule has 7 heteroatoms. The highest BCUT2D eigenvalue weighted by Crippen LogP contribution is 2.32. The first-order chi connectivity index (χ1) is 14.5. The van der Waals surface area contributed by atoms with Crippen molar-refractivity contribution >= 4 is 17.7 Å². The quantitative estimate of drug-likeness (QED) is 0.601. The van der Waals surface area contributed by atoms with Crippen LogP contribution in [-0.2, 0) is 11.3 Å². The van der Waals surface area contributed by atoms with Gasteiger partial charge in [-0.25, -0.2) is 0 Å². The highest BCUT2D eigenvalue weighted by Gasteiger charge is 2.13. The maximum absolute atomic E-state index is 12.2. The lowest BCUT2D eigenvalue weighted by Gasteiger charge is -2.09. The van der Waals surface area contributed by atoms with Gasteiger partial charge < -0.3 is 14.8 Å². The van der Waals surface area contributed by atoms with Gasteiger partial charge in [0, 0.05) is 12.1 Å². The molecule has 3 aromatic rings. The van der Waals surface area contributed by atoms with E-state index in [1.54, 1.807) is 0 Å². The second-order valence-corrected chi connectivity index (χ2v) is 8.26. The molecule has 0 spiro atoms. The average molecular weight is 422 g/mol. The fourth-order valence-corrected chi connectivity index (χ4v) is 3.86. The minimum atomic E-state index is -0.0615. The molecular weight excluding hydrogens is 398 g/mol. The summed E-state index contributed by atoms with van der Waals surface area (Å²) in [5.41, 5.74) is 6.56. The highest BCUT2D eigenvalue weighted by atomic mass is 32.2. The van der Waals surface area contributed by atoms with Crippen molar-refractivity contribution in [2.45, 2.75) is 32.3 Å². The number of hydrogen-bond acceptors (Lipinski definition) is 6. The van der Waals surface area contributed by atoms with Crippen molar-refractivity contribution in [2.75, 3.05) is 12.5 Å². The minimum absolute atomic E-state index is 0.0615. The van der Waals surface area contributed by atoms with Gasteiger partial charge in [-0.2, -0.15) is 0 Å². The summed E-state index contributed by atoms with van der Waals surface area (Å²) in [7, 11) is 0. The monoisotopic (exact) mass is 421 g/mol. The molecule has 30 heavy (non-hydrogen) atoms. The number of amides is 1. The van der Waals surface area contributed by atoms with Gasteiger partial charge in [0.1, 0.15) is 5.03 Å². The van der Waals surface area contributed by atoms with E-state index in [1.165, 1.54) is 28.5 Å². The second kappa shape index (κ2) is 8.75. The summed E-state index contributed by atoms with van der Waals surface area (Å²) in [5.74, 6) is 1.67.